The van der Waals surface area contributed by atoms with Crippen LogP contribution in [-0.4, -0.2) is 30.0 Å². The number of hydrogen-bond donors (Lipinski definition) is 1. The van der Waals surface area contributed by atoms with Crippen molar-refractivity contribution in [3.63, 3.8) is 0 Å². The Morgan fingerprint density at radius 1 is 1.45 bits per heavy atom. The van der Waals surface area contributed by atoms with Gasteiger partial charge in [0.15, 0.2) is 0 Å². The minimum atomic E-state index is 0. The fourth-order valence-electron chi connectivity index (χ4n) is 2.36. The summed E-state index contributed by atoms with van der Waals surface area (Å²) in [5, 5.41) is 0. The van der Waals surface area contributed by atoms with Gasteiger partial charge in [0.2, 0.25) is 5.91 Å². The fourth-order valence-corrected chi connectivity index (χ4v) is 2.76. The number of amides is 1. The Morgan fingerprint density at radius 3 is 2.77 bits per heavy atom. The predicted molar refractivity (Wildman–Crippen MR) is 94.4 cm³/mol. The molecule has 124 valence electrons. The van der Waals surface area contributed by atoms with E-state index in [9.17, 15) is 4.79 Å². The number of hydrogen-bond acceptors (Lipinski definition) is 3. The highest BCUT2D eigenvalue weighted by atomic mass is 79.9. The Hall–Kier alpha value is -0.780. The first-order valence-electron chi connectivity index (χ1n) is 7.56. The highest BCUT2D eigenvalue weighted by Crippen LogP contribution is 2.32. The van der Waals surface area contributed by atoms with Crippen LogP contribution in [0.25, 0.3) is 0 Å². The smallest absolute Gasteiger partial charge is 0.223 e. The van der Waals surface area contributed by atoms with Gasteiger partial charge in [-0.25, -0.2) is 0 Å². The lowest BCUT2D eigenvalue weighted by atomic mass is 10.1. The molecule has 0 bridgehead atoms. The number of ether oxygens (including phenoxy) is 1. The van der Waals surface area contributed by atoms with Crippen LogP contribution in [0, 0.1) is 0 Å². The van der Waals surface area contributed by atoms with Crippen molar-refractivity contribution in [1.29, 1.82) is 0 Å². The van der Waals surface area contributed by atoms with Gasteiger partial charge in [0.25, 0.3) is 0 Å². The molecule has 1 amide bonds. The number of nitrogens with two attached hydrogens (primary N) is 1. The Balaban J connectivity index is 0.00000242. The van der Waals surface area contributed by atoms with E-state index in [1.54, 1.807) is 0 Å². The summed E-state index contributed by atoms with van der Waals surface area (Å²) in [6.45, 7) is 3.77. The topological polar surface area (TPSA) is 55.6 Å². The molecule has 4 nitrogen and oxygen atoms in total. The average molecular weight is 392 g/mol. The summed E-state index contributed by atoms with van der Waals surface area (Å²) in [6, 6.07) is 6.35. The fraction of sp³-hybridized carbons (Fsp3) is 0.562. The van der Waals surface area contributed by atoms with Gasteiger partial charge in [-0.1, -0.05) is 15.9 Å². The Bertz CT molecular complexity index is 495. The number of carbonyl (C=O) groups excluding carboxylic acids is 1. The first-order chi connectivity index (χ1) is 10.2. The minimum Gasteiger partial charge on any atom is -0.494 e. The highest BCUT2D eigenvalue weighted by Gasteiger charge is 2.32. The zero-order valence-corrected chi connectivity index (χ0v) is 15.3. The second-order valence-electron chi connectivity index (χ2n) is 5.33. The number of benzene rings is 1. The molecule has 0 saturated heterocycles. The summed E-state index contributed by atoms with van der Waals surface area (Å²) in [7, 11) is 0. The third-order valence-corrected chi connectivity index (χ3v) is 4.06. The molecule has 1 saturated carbocycles. The van der Waals surface area contributed by atoms with Crippen molar-refractivity contribution in [2.75, 3.05) is 13.2 Å². The summed E-state index contributed by atoms with van der Waals surface area (Å²) in [4.78, 5) is 14.3. The summed E-state index contributed by atoms with van der Waals surface area (Å²) < 4.78 is 6.68. The van der Waals surface area contributed by atoms with Crippen LogP contribution in [0.1, 0.15) is 38.2 Å². The van der Waals surface area contributed by atoms with Gasteiger partial charge in [-0.2, -0.15) is 0 Å². The first-order valence-corrected chi connectivity index (χ1v) is 8.35. The van der Waals surface area contributed by atoms with Gasteiger partial charge in [0.1, 0.15) is 5.75 Å². The summed E-state index contributed by atoms with van der Waals surface area (Å²) in [5.41, 5.74) is 6.56. The minimum absolute atomic E-state index is 0. The van der Waals surface area contributed by atoms with E-state index in [1.165, 1.54) is 0 Å². The van der Waals surface area contributed by atoms with Crippen molar-refractivity contribution in [2.45, 2.75) is 45.2 Å². The van der Waals surface area contributed by atoms with Crippen LogP contribution in [0.2, 0.25) is 0 Å². The van der Waals surface area contributed by atoms with Gasteiger partial charge in [0, 0.05) is 29.0 Å². The molecule has 0 spiro atoms. The number of halogens is 2. The molecule has 0 unspecified atom stereocenters. The van der Waals surface area contributed by atoms with Gasteiger partial charge in [-0.3, -0.25) is 4.79 Å². The molecule has 0 atom stereocenters. The SMILES string of the molecule is CCOc1ccc(Br)cc1CN(C(=O)CCCN)C1CC1.Cl. The van der Waals surface area contributed by atoms with Gasteiger partial charge in [0.05, 0.1) is 6.61 Å². The molecule has 1 aromatic rings. The van der Waals surface area contributed by atoms with Crippen LogP contribution in [-0.2, 0) is 11.3 Å². The summed E-state index contributed by atoms with van der Waals surface area (Å²) in [6.07, 6.45) is 3.49. The van der Waals surface area contributed by atoms with E-state index in [0.717, 1.165) is 35.0 Å². The van der Waals surface area contributed by atoms with Gasteiger partial charge in [-0.05, 0) is 50.9 Å². The zero-order chi connectivity index (χ0) is 15.2. The molecule has 2 rings (SSSR count). The maximum Gasteiger partial charge on any atom is 0.223 e. The van der Waals surface area contributed by atoms with Crippen LogP contribution >= 0.6 is 28.3 Å². The zero-order valence-electron chi connectivity index (χ0n) is 12.9. The quantitative estimate of drug-likeness (QED) is 0.738. The molecule has 6 heteroatoms. The summed E-state index contributed by atoms with van der Waals surface area (Å²) >= 11 is 3.49. The van der Waals surface area contributed by atoms with Crippen molar-refractivity contribution in [1.82, 2.24) is 4.90 Å². The molecule has 1 aliphatic carbocycles. The van der Waals surface area contributed by atoms with E-state index < -0.39 is 0 Å². The number of carbonyl (C=O) groups is 1. The predicted octanol–water partition coefficient (Wildman–Crippen LogP) is 3.50. The van der Waals surface area contributed by atoms with E-state index in [4.69, 9.17) is 10.5 Å². The van der Waals surface area contributed by atoms with Gasteiger partial charge in [-0.15, -0.1) is 12.4 Å². The van der Waals surface area contributed by atoms with Gasteiger partial charge >= 0.3 is 0 Å². The largest absolute Gasteiger partial charge is 0.494 e. The molecule has 0 aromatic heterocycles. The maximum absolute atomic E-state index is 12.4. The first kappa shape index (κ1) is 19.3. The molecule has 2 N–H and O–H groups in total. The van der Waals surface area contributed by atoms with E-state index in [0.29, 0.717) is 32.2 Å². The van der Waals surface area contributed by atoms with Crippen LogP contribution in [0.5, 0.6) is 5.75 Å². The van der Waals surface area contributed by atoms with E-state index in [2.05, 4.69) is 15.9 Å². The Morgan fingerprint density at radius 2 is 2.18 bits per heavy atom. The second-order valence-corrected chi connectivity index (χ2v) is 6.25. The molecule has 0 radical (unpaired) electrons. The Kier molecular flexibility index (Phi) is 8.21. The molecule has 0 aliphatic heterocycles. The van der Waals surface area contributed by atoms with Crippen molar-refractivity contribution >= 4 is 34.2 Å². The van der Waals surface area contributed by atoms with Crippen molar-refractivity contribution < 1.29 is 9.53 Å². The second kappa shape index (κ2) is 9.38. The lowest BCUT2D eigenvalue weighted by Gasteiger charge is -2.24. The maximum atomic E-state index is 12.4. The third kappa shape index (κ3) is 5.45. The van der Waals surface area contributed by atoms with E-state index in [-0.39, 0.29) is 18.3 Å². The molecule has 22 heavy (non-hydrogen) atoms. The normalized spacial score (nSPS) is 13.4. The van der Waals surface area contributed by atoms with Gasteiger partial charge < -0.3 is 15.4 Å². The third-order valence-electron chi connectivity index (χ3n) is 3.57. The van der Waals surface area contributed by atoms with Crippen LogP contribution in [0.4, 0.5) is 0 Å². The van der Waals surface area contributed by atoms with E-state index in [1.807, 2.05) is 30.0 Å². The average Bonchev–Trinajstić information content (AvgIpc) is 3.29. The van der Waals surface area contributed by atoms with E-state index >= 15 is 0 Å². The standard InChI is InChI=1S/C16H23BrN2O2.ClH/c1-2-21-15-8-5-13(17)10-12(15)11-19(14-6-7-14)16(20)4-3-9-18;/h5,8,10,14H,2-4,6-7,9,11,18H2,1H3;1H. The molecular formula is C16H24BrClN2O2. The van der Waals surface area contributed by atoms with Crippen molar-refractivity contribution in [3.8, 4) is 5.75 Å². The molecular weight excluding hydrogens is 368 g/mol. The molecule has 0 heterocycles. The molecule has 1 aromatic carbocycles. The Labute approximate surface area is 146 Å². The number of rotatable bonds is 8. The lowest BCUT2D eigenvalue weighted by molar-refractivity contribution is -0.132. The van der Waals surface area contributed by atoms with Crippen LogP contribution in [0.3, 0.4) is 0 Å². The molecule has 1 fully saturated rings. The monoisotopic (exact) mass is 390 g/mol. The van der Waals surface area contributed by atoms with Crippen molar-refractivity contribution in [3.05, 3.63) is 28.2 Å². The highest BCUT2D eigenvalue weighted by molar-refractivity contribution is 9.10. The lowest BCUT2D eigenvalue weighted by Crippen LogP contribution is -2.33. The van der Waals surface area contributed by atoms with Crippen molar-refractivity contribution in [2.24, 2.45) is 5.73 Å². The van der Waals surface area contributed by atoms with Crippen LogP contribution in [0.15, 0.2) is 22.7 Å². The number of nitrogens with zero attached hydrogens (tertiary/aromatic N) is 1. The molecule has 1 aliphatic rings. The summed E-state index contributed by atoms with van der Waals surface area (Å²) in [5.74, 6) is 1.06. The van der Waals surface area contributed by atoms with Crippen LogP contribution < -0.4 is 10.5 Å².